The van der Waals surface area contributed by atoms with Crippen LogP contribution in [0.2, 0.25) is 5.02 Å². The minimum Gasteiger partial charge on any atom is -0.369 e. The van der Waals surface area contributed by atoms with E-state index >= 15 is 0 Å². The van der Waals surface area contributed by atoms with Gasteiger partial charge in [-0.05, 0) is 23.8 Å². The average Bonchev–Trinajstić information content (AvgIpc) is 2.39. The Hall–Kier alpha value is -2.05. The number of benzene rings is 1. The second-order valence-electron chi connectivity index (χ2n) is 3.96. The van der Waals surface area contributed by atoms with Gasteiger partial charge in [0.15, 0.2) is 0 Å². The van der Waals surface area contributed by atoms with Gasteiger partial charge in [-0.15, -0.1) is 0 Å². The van der Waals surface area contributed by atoms with Gasteiger partial charge in [-0.1, -0.05) is 23.7 Å². The molecule has 0 saturated heterocycles. The first-order chi connectivity index (χ1) is 8.72. The first kappa shape index (κ1) is 12.4. The molecular weight excluding hydrogens is 246 g/mol. The highest BCUT2D eigenvalue weighted by atomic mass is 35.5. The topological polar surface area (TPSA) is 39.9 Å². The summed E-state index contributed by atoms with van der Waals surface area (Å²) in [5.74, 6) is 0. The summed E-state index contributed by atoms with van der Waals surface area (Å²) in [4.78, 5) is 6.06. The number of rotatable bonds is 3. The van der Waals surface area contributed by atoms with Crippen LogP contribution in [0.5, 0.6) is 0 Å². The highest BCUT2D eigenvalue weighted by Crippen LogP contribution is 2.26. The van der Waals surface area contributed by atoms with Crippen LogP contribution in [-0.4, -0.2) is 12.0 Å². The summed E-state index contributed by atoms with van der Waals surface area (Å²) in [6.45, 7) is 0.683. The Balaban J connectivity index is 2.27. The molecule has 0 spiro atoms. The van der Waals surface area contributed by atoms with E-state index in [1.165, 1.54) is 0 Å². The van der Waals surface area contributed by atoms with Crippen LogP contribution in [0.3, 0.4) is 0 Å². The molecule has 0 atom stereocenters. The van der Waals surface area contributed by atoms with Gasteiger partial charge in [-0.25, -0.2) is 0 Å². The molecule has 0 saturated carbocycles. The van der Waals surface area contributed by atoms with Gasteiger partial charge < -0.3 is 4.90 Å². The van der Waals surface area contributed by atoms with Crippen LogP contribution in [0.15, 0.2) is 42.7 Å². The molecule has 2 aromatic rings. The Morgan fingerprint density at radius 1 is 1.33 bits per heavy atom. The van der Waals surface area contributed by atoms with Crippen molar-refractivity contribution in [1.29, 1.82) is 5.26 Å². The molecule has 0 unspecified atom stereocenters. The van der Waals surface area contributed by atoms with Crippen LogP contribution in [0.4, 0.5) is 5.69 Å². The number of nitriles is 1. The van der Waals surface area contributed by atoms with Crippen LogP contribution in [0, 0.1) is 11.3 Å². The van der Waals surface area contributed by atoms with Crippen molar-refractivity contribution in [3.8, 4) is 6.07 Å². The van der Waals surface area contributed by atoms with Gasteiger partial charge in [0.1, 0.15) is 6.07 Å². The van der Waals surface area contributed by atoms with E-state index in [4.69, 9.17) is 16.9 Å². The maximum absolute atomic E-state index is 9.14. The quantitative estimate of drug-likeness (QED) is 0.847. The Kier molecular flexibility index (Phi) is 3.81. The van der Waals surface area contributed by atoms with Gasteiger partial charge in [0, 0.05) is 26.0 Å². The van der Waals surface area contributed by atoms with Gasteiger partial charge in [-0.3, -0.25) is 4.98 Å². The third kappa shape index (κ3) is 2.61. The van der Waals surface area contributed by atoms with Gasteiger partial charge in [0.2, 0.25) is 0 Å². The lowest BCUT2D eigenvalue weighted by Gasteiger charge is -2.20. The molecule has 1 heterocycles. The summed E-state index contributed by atoms with van der Waals surface area (Å²) >= 11 is 6.02. The maximum atomic E-state index is 9.14. The van der Waals surface area contributed by atoms with Crippen LogP contribution < -0.4 is 4.90 Å². The van der Waals surface area contributed by atoms with Crippen molar-refractivity contribution in [3.63, 3.8) is 0 Å². The molecule has 0 aliphatic rings. The molecule has 90 valence electrons. The van der Waals surface area contributed by atoms with E-state index in [1.807, 2.05) is 42.4 Å². The zero-order chi connectivity index (χ0) is 13.0. The predicted octanol–water partition coefficient (Wildman–Crippen LogP) is 3.24. The highest BCUT2D eigenvalue weighted by Gasteiger charge is 2.10. The lowest BCUT2D eigenvalue weighted by Crippen LogP contribution is -2.17. The van der Waals surface area contributed by atoms with Crippen LogP contribution in [0.1, 0.15) is 11.1 Å². The van der Waals surface area contributed by atoms with Crippen molar-refractivity contribution in [2.45, 2.75) is 6.54 Å². The molecule has 1 aromatic heterocycles. The van der Waals surface area contributed by atoms with E-state index in [2.05, 4.69) is 11.1 Å². The SMILES string of the molecule is CN(Cc1cccnc1)c1cccc(Cl)c1C#N. The number of nitrogens with zero attached hydrogens (tertiary/aromatic N) is 3. The molecule has 0 aliphatic heterocycles. The number of halogens is 1. The van der Waals surface area contributed by atoms with Crippen molar-refractivity contribution < 1.29 is 0 Å². The zero-order valence-electron chi connectivity index (χ0n) is 9.97. The summed E-state index contributed by atoms with van der Waals surface area (Å²) < 4.78 is 0. The molecule has 2 rings (SSSR count). The standard InChI is InChI=1S/C14H12ClN3/c1-18(10-11-4-3-7-17-9-11)14-6-2-5-13(15)12(14)8-16/h2-7,9H,10H2,1H3. The number of pyridine rings is 1. The highest BCUT2D eigenvalue weighted by molar-refractivity contribution is 6.32. The molecule has 0 bridgehead atoms. The molecule has 0 radical (unpaired) electrons. The second kappa shape index (κ2) is 5.52. The first-order valence-corrected chi connectivity index (χ1v) is 5.89. The van der Waals surface area contributed by atoms with E-state index in [-0.39, 0.29) is 0 Å². The minimum absolute atomic E-state index is 0.480. The van der Waals surface area contributed by atoms with E-state index < -0.39 is 0 Å². The van der Waals surface area contributed by atoms with Crippen molar-refractivity contribution in [3.05, 3.63) is 58.9 Å². The number of hydrogen-bond acceptors (Lipinski definition) is 3. The first-order valence-electron chi connectivity index (χ1n) is 5.51. The van der Waals surface area contributed by atoms with Gasteiger partial charge in [0.05, 0.1) is 16.3 Å². The fourth-order valence-corrected chi connectivity index (χ4v) is 2.00. The summed E-state index contributed by atoms with van der Waals surface area (Å²) in [6.07, 6.45) is 3.55. The lowest BCUT2D eigenvalue weighted by atomic mass is 10.1. The van der Waals surface area contributed by atoms with Crippen LogP contribution >= 0.6 is 11.6 Å². The zero-order valence-corrected chi connectivity index (χ0v) is 10.7. The average molecular weight is 258 g/mol. The van der Waals surface area contributed by atoms with Crippen molar-refractivity contribution in [2.24, 2.45) is 0 Å². The summed E-state index contributed by atoms with van der Waals surface area (Å²) in [5, 5.41) is 9.62. The maximum Gasteiger partial charge on any atom is 0.103 e. The van der Waals surface area contributed by atoms with E-state index in [9.17, 15) is 0 Å². The normalized spacial score (nSPS) is 9.83. The predicted molar refractivity (Wildman–Crippen MR) is 72.5 cm³/mol. The Labute approximate surface area is 111 Å². The molecule has 0 amide bonds. The van der Waals surface area contributed by atoms with Crippen molar-refractivity contribution >= 4 is 17.3 Å². The minimum atomic E-state index is 0.480. The number of anilines is 1. The molecule has 0 N–H and O–H groups in total. The van der Waals surface area contributed by atoms with Gasteiger partial charge >= 0.3 is 0 Å². The summed E-state index contributed by atoms with van der Waals surface area (Å²) in [6, 6.07) is 11.5. The molecule has 0 aliphatic carbocycles. The molecule has 4 heteroatoms. The molecule has 0 fully saturated rings. The van der Waals surface area contributed by atoms with Crippen LogP contribution in [-0.2, 0) is 6.54 Å². The van der Waals surface area contributed by atoms with Gasteiger partial charge in [-0.2, -0.15) is 5.26 Å². The van der Waals surface area contributed by atoms with Gasteiger partial charge in [0.25, 0.3) is 0 Å². The summed E-state index contributed by atoms with van der Waals surface area (Å²) in [7, 11) is 1.93. The molecular formula is C14H12ClN3. The van der Waals surface area contributed by atoms with E-state index in [0.29, 0.717) is 17.1 Å². The lowest BCUT2D eigenvalue weighted by molar-refractivity contribution is 0.913. The fraction of sp³-hybridized carbons (Fsp3) is 0.143. The Morgan fingerprint density at radius 3 is 2.83 bits per heavy atom. The van der Waals surface area contributed by atoms with E-state index in [1.54, 1.807) is 12.3 Å². The Bertz CT molecular complexity index is 575. The second-order valence-corrected chi connectivity index (χ2v) is 4.37. The largest absolute Gasteiger partial charge is 0.369 e. The molecule has 1 aromatic carbocycles. The van der Waals surface area contributed by atoms with E-state index in [0.717, 1.165) is 11.3 Å². The number of hydrogen-bond donors (Lipinski definition) is 0. The third-order valence-corrected chi connectivity index (χ3v) is 2.97. The van der Waals surface area contributed by atoms with Crippen molar-refractivity contribution in [1.82, 2.24) is 4.98 Å². The smallest absolute Gasteiger partial charge is 0.103 e. The third-order valence-electron chi connectivity index (χ3n) is 2.66. The molecule has 3 nitrogen and oxygen atoms in total. The molecule has 18 heavy (non-hydrogen) atoms. The summed E-state index contributed by atoms with van der Waals surface area (Å²) in [5.41, 5.74) is 2.42. The number of aromatic nitrogens is 1. The monoisotopic (exact) mass is 257 g/mol. The Morgan fingerprint density at radius 2 is 2.17 bits per heavy atom. The fourth-order valence-electron chi connectivity index (χ4n) is 1.79. The van der Waals surface area contributed by atoms with Crippen molar-refractivity contribution in [2.75, 3.05) is 11.9 Å². The van der Waals surface area contributed by atoms with Crippen LogP contribution in [0.25, 0.3) is 0 Å².